The number of aryl methyl sites for hydroxylation is 1. The lowest BCUT2D eigenvalue weighted by molar-refractivity contribution is 0.205. The van der Waals surface area contributed by atoms with Crippen molar-refractivity contribution in [3.05, 3.63) is 59.9 Å². The first-order chi connectivity index (χ1) is 10.7. The molecule has 1 aromatic heterocycles. The molecule has 4 heteroatoms. The van der Waals surface area contributed by atoms with Crippen LogP contribution in [0.4, 0.5) is 0 Å². The molecule has 0 unspecified atom stereocenters. The highest BCUT2D eigenvalue weighted by Gasteiger charge is 2.19. The minimum atomic E-state index is -0.746. The lowest BCUT2D eigenvalue weighted by atomic mass is 10.1. The standard InChI is InChI=1S/C18H20N2O2/c1-3-12-20-16-7-5-4-6-15(16)19-18(20)17(21)13-8-10-14(22-2)11-9-13/h4-11,17,21H,3,12H2,1-2H3/t17-/m1/s1. The van der Waals surface area contributed by atoms with Crippen LogP contribution in [0, 0.1) is 0 Å². The molecule has 1 atom stereocenters. The van der Waals surface area contributed by atoms with Gasteiger partial charge in [0, 0.05) is 6.54 Å². The van der Waals surface area contributed by atoms with Crippen LogP contribution in [-0.2, 0) is 6.54 Å². The third-order valence-electron chi connectivity index (χ3n) is 3.81. The Morgan fingerprint density at radius 3 is 2.55 bits per heavy atom. The van der Waals surface area contributed by atoms with E-state index in [0.717, 1.165) is 35.3 Å². The molecule has 0 aliphatic rings. The Balaban J connectivity index is 2.05. The maximum atomic E-state index is 10.7. The first-order valence-electron chi connectivity index (χ1n) is 7.51. The Labute approximate surface area is 130 Å². The van der Waals surface area contributed by atoms with Crippen molar-refractivity contribution in [3.8, 4) is 5.75 Å². The Morgan fingerprint density at radius 2 is 1.86 bits per heavy atom. The van der Waals surface area contributed by atoms with E-state index in [4.69, 9.17) is 4.74 Å². The van der Waals surface area contributed by atoms with Gasteiger partial charge in [0.2, 0.25) is 0 Å². The molecular weight excluding hydrogens is 276 g/mol. The predicted molar refractivity (Wildman–Crippen MR) is 87.1 cm³/mol. The quantitative estimate of drug-likeness (QED) is 0.783. The highest BCUT2D eigenvalue weighted by Crippen LogP contribution is 2.27. The summed E-state index contributed by atoms with van der Waals surface area (Å²) in [4.78, 5) is 4.63. The van der Waals surface area contributed by atoms with Crippen molar-refractivity contribution in [1.29, 1.82) is 0 Å². The third-order valence-corrected chi connectivity index (χ3v) is 3.81. The Kier molecular flexibility index (Phi) is 4.11. The Morgan fingerprint density at radius 1 is 1.14 bits per heavy atom. The lowest BCUT2D eigenvalue weighted by Crippen LogP contribution is -2.10. The van der Waals surface area contributed by atoms with E-state index in [0.29, 0.717) is 5.82 Å². The van der Waals surface area contributed by atoms with Crippen molar-refractivity contribution >= 4 is 11.0 Å². The summed E-state index contributed by atoms with van der Waals surface area (Å²) < 4.78 is 7.26. The summed E-state index contributed by atoms with van der Waals surface area (Å²) in [6.45, 7) is 2.96. The van der Waals surface area contributed by atoms with Gasteiger partial charge in [0.1, 0.15) is 17.7 Å². The maximum Gasteiger partial charge on any atom is 0.143 e. The molecule has 4 nitrogen and oxygen atoms in total. The molecule has 3 aromatic rings. The van der Waals surface area contributed by atoms with Crippen molar-refractivity contribution in [1.82, 2.24) is 9.55 Å². The molecule has 22 heavy (non-hydrogen) atoms. The number of rotatable bonds is 5. The van der Waals surface area contributed by atoms with Gasteiger partial charge in [-0.2, -0.15) is 0 Å². The molecule has 0 saturated heterocycles. The van der Waals surface area contributed by atoms with Crippen LogP contribution in [0.3, 0.4) is 0 Å². The highest BCUT2D eigenvalue weighted by molar-refractivity contribution is 5.76. The van der Waals surface area contributed by atoms with Crippen LogP contribution < -0.4 is 4.74 Å². The number of imidazole rings is 1. The summed E-state index contributed by atoms with van der Waals surface area (Å²) in [5.74, 6) is 1.46. The molecule has 1 N–H and O–H groups in total. The second kappa shape index (κ2) is 6.20. The van der Waals surface area contributed by atoms with Crippen molar-refractivity contribution in [2.45, 2.75) is 26.0 Å². The second-order valence-electron chi connectivity index (χ2n) is 5.29. The number of ether oxygens (including phenoxy) is 1. The first-order valence-corrected chi connectivity index (χ1v) is 7.51. The van der Waals surface area contributed by atoms with Crippen molar-refractivity contribution in [3.63, 3.8) is 0 Å². The molecule has 0 aliphatic carbocycles. The topological polar surface area (TPSA) is 47.3 Å². The van der Waals surface area contributed by atoms with Crippen LogP contribution in [-0.4, -0.2) is 21.8 Å². The number of para-hydroxylation sites is 2. The number of benzene rings is 2. The first kappa shape index (κ1) is 14.6. The fourth-order valence-corrected chi connectivity index (χ4v) is 2.70. The predicted octanol–water partition coefficient (Wildman–Crippen LogP) is 3.54. The number of hydrogen-bond donors (Lipinski definition) is 1. The molecule has 3 rings (SSSR count). The molecule has 0 amide bonds. The van der Waals surface area contributed by atoms with Crippen molar-refractivity contribution < 1.29 is 9.84 Å². The van der Waals surface area contributed by atoms with Crippen LogP contribution in [0.25, 0.3) is 11.0 Å². The van der Waals surface area contributed by atoms with Crippen LogP contribution in [0.5, 0.6) is 5.75 Å². The van der Waals surface area contributed by atoms with E-state index in [2.05, 4.69) is 16.5 Å². The van der Waals surface area contributed by atoms with E-state index in [1.807, 2.05) is 48.5 Å². The summed E-state index contributed by atoms with van der Waals surface area (Å²) >= 11 is 0. The molecule has 114 valence electrons. The van der Waals surface area contributed by atoms with Crippen molar-refractivity contribution in [2.75, 3.05) is 7.11 Å². The van der Waals surface area contributed by atoms with E-state index < -0.39 is 6.10 Å². The molecule has 1 heterocycles. The smallest absolute Gasteiger partial charge is 0.143 e. The second-order valence-corrected chi connectivity index (χ2v) is 5.29. The van der Waals surface area contributed by atoms with E-state index in [1.54, 1.807) is 7.11 Å². The maximum absolute atomic E-state index is 10.7. The summed E-state index contributed by atoms with van der Waals surface area (Å²) in [6, 6.07) is 15.4. The van der Waals surface area contributed by atoms with Gasteiger partial charge in [-0.1, -0.05) is 31.2 Å². The largest absolute Gasteiger partial charge is 0.497 e. The third kappa shape index (κ3) is 2.57. The van der Waals surface area contributed by atoms with E-state index in [9.17, 15) is 5.11 Å². The van der Waals surface area contributed by atoms with E-state index >= 15 is 0 Å². The van der Waals surface area contributed by atoms with E-state index in [1.165, 1.54) is 0 Å². The van der Waals surface area contributed by atoms with Crippen LogP contribution in [0.15, 0.2) is 48.5 Å². The van der Waals surface area contributed by atoms with Crippen LogP contribution in [0.2, 0.25) is 0 Å². The summed E-state index contributed by atoms with van der Waals surface area (Å²) in [6.07, 6.45) is 0.243. The highest BCUT2D eigenvalue weighted by atomic mass is 16.5. The number of hydrogen-bond acceptors (Lipinski definition) is 3. The lowest BCUT2D eigenvalue weighted by Gasteiger charge is -2.14. The van der Waals surface area contributed by atoms with Gasteiger partial charge >= 0.3 is 0 Å². The van der Waals surface area contributed by atoms with Gasteiger partial charge < -0.3 is 14.4 Å². The number of aliphatic hydroxyl groups excluding tert-OH is 1. The van der Waals surface area contributed by atoms with Gasteiger partial charge in [-0.3, -0.25) is 0 Å². The van der Waals surface area contributed by atoms with Gasteiger partial charge in [-0.15, -0.1) is 0 Å². The number of aromatic nitrogens is 2. The van der Waals surface area contributed by atoms with Gasteiger partial charge in [0.05, 0.1) is 18.1 Å². The van der Waals surface area contributed by atoms with E-state index in [-0.39, 0.29) is 0 Å². The average Bonchev–Trinajstić information content (AvgIpc) is 2.93. The summed E-state index contributed by atoms with van der Waals surface area (Å²) in [5, 5.41) is 10.7. The normalized spacial score (nSPS) is 12.5. The van der Waals surface area contributed by atoms with Crippen molar-refractivity contribution in [2.24, 2.45) is 0 Å². The fraction of sp³-hybridized carbons (Fsp3) is 0.278. The van der Waals surface area contributed by atoms with Gasteiger partial charge in [0.25, 0.3) is 0 Å². The number of aliphatic hydroxyl groups is 1. The summed E-state index contributed by atoms with van der Waals surface area (Å²) in [5.41, 5.74) is 2.79. The zero-order valence-electron chi connectivity index (χ0n) is 12.9. The average molecular weight is 296 g/mol. The van der Waals surface area contributed by atoms with Gasteiger partial charge in [0.15, 0.2) is 0 Å². The SMILES string of the molecule is CCCn1c([C@H](O)c2ccc(OC)cc2)nc2ccccc21. The van der Waals surface area contributed by atoms with Gasteiger partial charge in [-0.05, 0) is 36.2 Å². The molecule has 0 saturated carbocycles. The number of nitrogens with zero attached hydrogens (tertiary/aromatic N) is 2. The zero-order chi connectivity index (χ0) is 15.5. The Hall–Kier alpha value is -2.33. The molecule has 0 fully saturated rings. The molecular formula is C18H20N2O2. The minimum absolute atomic E-state index is 0.688. The molecule has 0 radical (unpaired) electrons. The summed E-state index contributed by atoms with van der Waals surface area (Å²) in [7, 11) is 1.63. The zero-order valence-corrected chi connectivity index (χ0v) is 12.9. The molecule has 0 spiro atoms. The van der Waals surface area contributed by atoms with Crippen LogP contribution in [0.1, 0.15) is 30.8 Å². The molecule has 0 aliphatic heterocycles. The number of fused-ring (bicyclic) bond motifs is 1. The molecule has 2 aromatic carbocycles. The molecule has 0 bridgehead atoms. The van der Waals surface area contributed by atoms with Crippen LogP contribution >= 0.6 is 0 Å². The number of methoxy groups -OCH3 is 1. The fourth-order valence-electron chi connectivity index (χ4n) is 2.70. The minimum Gasteiger partial charge on any atom is -0.497 e. The van der Waals surface area contributed by atoms with Gasteiger partial charge in [-0.25, -0.2) is 4.98 Å². The monoisotopic (exact) mass is 296 g/mol. The Bertz CT molecular complexity index is 762.